The Kier molecular flexibility index (Phi) is 4.98. The van der Waals surface area contributed by atoms with Gasteiger partial charge in [-0.1, -0.05) is 44.2 Å². The number of hydrogen-bond donors (Lipinski definition) is 0. The fourth-order valence-electron chi connectivity index (χ4n) is 3.90. The Bertz CT molecular complexity index is 485. The number of benzene rings is 1. The van der Waals surface area contributed by atoms with Crippen LogP contribution in [-0.2, 0) is 10.2 Å². The number of likely N-dealkylation sites (tertiary alicyclic amines) is 1. The van der Waals surface area contributed by atoms with Gasteiger partial charge in [0.25, 0.3) is 0 Å². The summed E-state index contributed by atoms with van der Waals surface area (Å²) in [6.07, 6.45) is 0.879. The highest BCUT2D eigenvalue weighted by molar-refractivity contribution is 6.17. The summed E-state index contributed by atoms with van der Waals surface area (Å²) in [5, 5.41) is 0. The summed E-state index contributed by atoms with van der Waals surface area (Å²) >= 11 is 6.05. The quantitative estimate of drug-likeness (QED) is 0.751. The van der Waals surface area contributed by atoms with Crippen molar-refractivity contribution in [2.75, 3.05) is 12.4 Å². The molecule has 1 amide bonds. The van der Waals surface area contributed by atoms with Gasteiger partial charge in [-0.2, -0.15) is 0 Å². The molecule has 0 bridgehead atoms. The molecule has 1 saturated heterocycles. The summed E-state index contributed by atoms with van der Waals surface area (Å²) in [7, 11) is 0. The highest BCUT2D eigenvalue weighted by Crippen LogP contribution is 2.48. The second kappa shape index (κ2) is 6.39. The smallest absolute Gasteiger partial charge is 0.234 e. The normalized spacial score (nSPS) is 26.1. The summed E-state index contributed by atoms with van der Waals surface area (Å²) in [5.41, 5.74) is 0.712. The van der Waals surface area contributed by atoms with Crippen LogP contribution in [0.15, 0.2) is 30.3 Å². The molecule has 0 unspecified atom stereocenters. The van der Waals surface area contributed by atoms with Crippen LogP contribution in [0.2, 0.25) is 0 Å². The SMILES string of the molecule is CC(C)N1C[C@H](CCCl)[C@](c2ccccc2)(C(C)C)C1=O. The number of rotatable bonds is 5. The van der Waals surface area contributed by atoms with E-state index in [1.54, 1.807) is 0 Å². The van der Waals surface area contributed by atoms with Crippen LogP contribution in [0.1, 0.15) is 39.7 Å². The fourth-order valence-corrected chi connectivity index (χ4v) is 4.16. The molecule has 2 rings (SSSR count). The standard InChI is InChI=1S/C18H26ClNO/c1-13(2)18(15-8-6-5-7-9-15)16(10-11-19)12-20(14(3)4)17(18)21/h5-9,13-14,16H,10-12H2,1-4H3/t16-,18+/m0/s1. The molecule has 21 heavy (non-hydrogen) atoms. The van der Waals surface area contributed by atoms with Gasteiger partial charge in [0.05, 0.1) is 5.41 Å². The van der Waals surface area contributed by atoms with E-state index in [2.05, 4.69) is 39.8 Å². The number of amides is 1. The molecule has 0 spiro atoms. The zero-order chi connectivity index (χ0) is 15.6. The van der Waals surface area contributed by atoms with E-state index in [1.807, 2.05) is 23.1 Å². The van der Waals surface area contributed by atoms with Crippen molar-refractivity contribution < 1.29 is 4.79 Å². The van der Waals surface area contributed by atoms with Gasteiger partial charge in [0.2, 0.25) is 5.91 Å². The van der Waals surface area contributed by atoms with Crippen molar-refractivity contribution in [2.24, 2.45) is 11.8 Å². The molecule has 3 heteroatoms. The summed E-state index contributed by atoms with van der Waals surface area (Å²) in [6, 6.07) is 10.5. The van der Waals surface area contributed by atoms with Gasteiger partial charge in [-0.15, -0.1) is 11.6 Å². The summed E-state index contributed by atoms with van der Waals surface area (Å²) in [6.45, 7) is 9.33. The first-order valence-electron chi connectivity index (χ1n) is 7.88. The van der Waals surface area contributed by atoms with E-state index in [9.17, 15) is 4.79 Å². The third kappa shape index (κ3) is 2.59. The molecular formula is C18H26ClNO. The predicted octanol–water partition coefficient (Wildman–Crippen LogP) is 4.08. The van der Waals surface area contributed by atoms with Crippen LogP contribution in [0.3, 0.4) is 0 Å². The van der Waals surface area contributed by atoms with Gasteiger partial charge >= 0.3 is 0 Å². The Morgan fingerprint density at radius 3 is 2.33 bits per heavy atom. The number of hydrogen-bond acceptors (Lipinski definition) is 1. The van der Waals surface area contributed by atoms with E-state index in [0.717, 1.165) is 18.5 Å². The number of nitrogens with zero attached hydrogens (tertiary/aromatic N) is 1. The van der Waals surface area contributed by atoms with Crippen LogP contribution in [0.25, 0.3) is 0 Å². The molecule has 2 nitrogen and oxygen atoms in total. The first kappa shape index (κ1) is 16.4. The largest absolute Gasteiger partial charge is 0.339 e. The van der Waals surface area contributed by atoms with Crippen molar-refractivity contribution in [3.8, 4) is 0 Å². The lowest BCUT2D eigenvalue weighted by Crippen LogP contribution is -2.46. The van der Waals surface area contributed by atoms with E-state index in [1.165, 1.54) is 0 Å². The van der Waals surface area contributed by atoms with Gasteiger partial charge in [-0.25, -0.2) is 0 Å². The minimum absolute atomic E-state index is 0.236. The molecule has 1 aromatic rings. The van der Waals surface area contributed by atoms with E-state index in [4.69, 9.17) is 11.6 Å². The van der Waals surface area contributed by atoms with E-state index < -0.39 is 5.41 Å². The van der Waals surface area contributed by atoms with Crippen LogP contribution in [0, 0.1) is 11.8 Å². The van der Waals surface area contributed by atoms with Crippen LogP contribution in [0.4, 0.5) is 0 Å². The van der Waals surface area contributed by atoms with Crippen LogP contribution in [0.5, 0.6) is 0 Å². The van der Waals surface area contributed by atoms with Crippen molar-refractivity contribution >= 4 is 17.5 Å². The Hall–Kier alpha value is -1.02. The lowest BCUT2D eigenvalue weighted by atomic mass is 9.64. The lowest BCUT2D eigenvalue weighted by molar-refractivity contribution is -0.135. The third-order valence-electron chi connectivity index (χ3n) is 4.92. The predicted molar refractivity (Wildman–Crippen MR) is 88.6 cm³/mol. The number of carbonyl (C=O) groups excluding carboxylic acids is 1. The Labute approximate surface area is 133 Å². The molecule has 2 atom stereocenters. The molecule has 0 N–H and O–H groups in total. The van der Waals surface area contributed by atoms with E-state index in [-0.39, 0.29) is 23.8 Å². The highest BCUT2D eigenvalue weighted by atomic mass is 35.5. The summed E-state index contributed by atoms with van der Waals surface area (Å²) in [4.78, 5) is 15.3. The molecule has 0 aliphatic carbocycles. The Morgan fingerprint density at radius 1 is 1.24 bits per heavy atom. The maximum atomic E-state index is 13.3. The maximum Gasteiger partial charge on any atom is 0.234 e. The van der Waals surface area contributed by atoms with Crippen LogP contribution in [-0.4, -0.2) is 29.3 Å². The van der Waals surface area contributed by atoms with Gasteiger partial charge in [-0.3, -0.25) is 4.79 Å². The molecule has 1 aliphatic heterocycles. The van der Waals surface area contributed by atoms with Crippen LogP contribution >= 0.6 is 11.6 Å². The molecule has 1 heterocycles. The van der Waals surface area contributed by atoms with Crippen LogP contribution < -0.4 is 0 Å². The van der Waals surface area contributed by atoms with Crippen molar-refractivity contribution in [3.63, 3.8) is 0 Å². The van der Waals surface area contributed by atoms with E-state index >= 15 is 0 Å². The molecule has 1 fully saturated rings. The van der Waals surface area contributed by atoms with Gasteiger partial charge in [-0.05, 0) is 37.7 Å². The molecule has 1 aliphatic rings. The zero-order valence-electron chi connectivity index (χ0n) is 13.5. The van der Waals surface area contributed by atoms with Gasteiger partial charge in [0, 0.05) is 18.5 Å². The van der Waals surface area contributed by atoms with Gasteiger partial charge < -0.3 is 4.90 Å². The number of halogens is 1. The van der Waals surface area contributed by atoms with Gasteiger partial charge in [0.1, 0.15) is 0 Å². The second-order valence-corrected chi connectivity index (χ2v) is 6.99. The fraction of sp³-hybridized carbons (Fsp3) is 0.611. The first-order valence-corrected chi connectivity index (χ1v) is 8.42. The molecule has 0 saturated carbocycles. The minimum Gasteiger partial charge on any atom is -0.339 e. The van der Waals surface area contributed by atoms with E-state index in [0.29, 0.717) is 5.88 Å². The Morgan fingerprint density at radius 2 is 1.86 bits per heavy atom. The molecule has 116 valence electrons. The van der Waals surface area contributed by atoms with Crippen molar-refractivity contribution in [1.82, 2.24) is 4.90 Å². The van der Waals surface area contributed by atoms with Crippen molar-refractivity contribution in [2.45, 2.75) is 45.6 Å². The second-order valence-electron chi connectivity index (χ2n) is 6.62. The molecule has 0 radical (unpaired) electrons. The maximum absolute atomic E-state index is 13.3. The lowest BCUT2D eigenvalue weighted by Gasteiger charge is -2.37. The topological polar surface area (TPSA) is 20.3 Å². The Balaban J connectivity index is 2.57. The van der Waals surface area contributed by atoms with Gasteiger partial charge in [0.15, 0.2) is 0 Å². The molecule has 1 aromatic carbocycles. The number of carbonyl (C=O) groups is 1. The summed E-state index contributed by atoms with van der Waals surface area (Å²) < 4.78 is 0. The summed E-state index contributed by atoms with van der Waals surface area (Å²) in [5.74, 6) is 1.41. The average Bonchev–Trinajstić information content (AvgIpc) is 2.74. The zero-order valence-corrected chi connectivity index (χ0v) is 14.2. The monoisotopic (exact) mass is 307 g/mol. The third-order valence-corrected chi connectivity index (χ3v) is 5.14. The van der Waals surface area contributed by atoms with Crippen molar-refractivity contribution in [1.29, 1.82) is 0 Å². The average molecular weight is 308 g/mol. The minimum atomic E-state index is -0.430. The van der Waals surface area contributed by atoms with Crippen molar-refractivity contribution in [3.05, 3.63) is 35.9 Å². The first-order chi connectivity index (χ1) is 9.96. The molecular weight excluding hydrogens is 282 g/mol. The molecule has 0 aromatic heterocycles. The highest BCUT2D eigenvalue weighted by Gasteiger charge is 2.56. The number of alkyl halides is 1.